The van der Waals surface area contributed by atoms with Gasteiger partial charge in [0, 0.05) is 60.8 Å². The van der Waals surface area contributed by atoms with E-state index in [-0.39, 0.29) is 82.7 Å². The molecule has 22 nitrogen and oxygen atoms in total. The van der Waals surface area contributed by atoms with Gasteiger partial charge in [-0.2, -0.15) is 13.2 Å². The van der Waals surface area contributed by atoms with Gasteiger partial charge in [0.1, 0.15) is 47.8 Å². The monoisotopic (exact) mass is 1300 g/mol. The van der Waals surface area contributed by atoms with Gasteiger partial charge in [-0.3, -0.25) is 52.7 Å². The van der Waals surface area contributed by atoms with Gasteiger partial charge in [-0.25, -0.2) is 0 Å². The molecular weight excluding hydrogens is 1200 g/mol. The Morgan fingerprint density at radius 1 is 0.648 bits per heavy atom. The quantitative estimate of drug-likeness (QED) is 0.234. The maximum absolute atomic E-state index is 15.0. The van der Waals surface area contributed by atoms with Crippen molar-refractivity contribution < 1.29 is 65.9 Å². The molecule has 3 heterocycles. The molecule has 91 heavy (non-hydrogen) atoms. The maximum atomic E-state index is 15.0. The average molecular weight is 1300 g/mol. The SMILES string of the molecule is CC[C@H](C)[C@@H]1NC(=O)[C@H](CC(C)C)N(C)C(=O)C[C@@H](C)NC(=O)[C@H](C(C)C)N(C)C(=O)C2(CCCC2)NC(=O)[C@@H]2CCCN2C(=O)[C@H](CCc2ccc(C(F)(F)F)c(Cl)c2)NC(=O)CN(C)C(=O)[C@H](CC2CCCCC2)N(C)C(=O)CN(C)C(=O)[C@@H]2CCN2C1=O. The van der Waals surface area contributed by atoms with E-state index in [1.165, 1.54) is 70.7 Å². The standard InChI is InChI=1S/C65H99ClF3N11O11/c1-13-40(6)54-62(90)80-31-27-48(80)60(88)75(9)37-53(83)77(11)50(35-42-20-15-14-16-21-42)61(89)74(8)36-51(81)71-46(26-24-43-23-25-44(45(66)34-43)65(67,68)69)59(87)79-30-19-22-47(79)57(85)73-64(28-17-18-29-64)63(91)78(12)55(39(4)5)58(86)70-41(7)33-52(82)76(10)49(32-38(2)3)56(84)72-54/h23,25,34,38-42,46-50,54-55H,13-22,24,26-33,35-37H2,1-12H3,(H,70,86)(H,71,81)(H,72,84)(H,73,85)/t40-,41+,46-,47-,48-,49-,50-,54-,55-/m0/s1. The Balaban J connectivity index is 1.36. The summed E-state index contributed by atoms with van der Waals surface area (Å²) in [5, 5.41) is 11.0. The van der Waals surface area contributed by atoms with E-state index in [4.69, 9.17) is 11.6 Å². The molecule has 508 valence electrons. The lowest BCUT2D eigenvalue weighted by molar-refractivity contribution is -0.157. The van der Waals surface area contributed by atoms with E-state index in [2.05, 4.69) is 21.3 Å². The van der Waals surface area contributed by atoms with Crippen LogP contribution in [0.5, 0.6) is 0 Å². The van der Waals surface area contributed by atoms with Crippen LogP contribution in [0.4, 0.5) is 13.2 Å². The number of amides is 11. The normalized spacial score (nSPS) is 27.5. The first kappa shape index (κ1) is 73.5. The molecule has 1 spiro atoms. The zero-order chi connectivity index (χ0) is 67.6. The van der Waals surface area contributed by atoms with Gasteiger partial charge >= 0.3 is 6.18 Å². The second kappa shape index (κ2) is 31.9. The maximum Gasteiger partial charge on any atom is 0.417 e. The minimum absolute atomic E-state index is 0.0384. The average Bonchev–Trinajstić information content (AvgIpc) is 1.79. The molecular formula is C65H99ClF3N11O11. The molecule has 0 radical (unpaired) electrons. The lowest BCUT2D eigenvalue weighted by Gasteiger charge is -2.44. The van der Waals surface area contributed by atoms with E-state index in [0.717, 1.165) is 49.1 Å². The van der Waals surface area contributed by atoms with Crippen molar-refractivity contribution in [3.63, 3.8) is 0 Å². The van der Waals surface area contributed by atoms with Gasteiger partial charge in [0.05, 0.1) is 23.7 Å². The van der Waals surface area contributed by atoms with Crippen molar-refractivity contribution >= 4 is 76.6 Å². The molecule has 1 aromatic rings. The fourth-order valence-corrected chi connectivity index (χ4v) is 14.0. The van der Waals surface area contributed by atoms with E-state index in [9.17, 15) is 56.3 Å². The fraction of sp³-hybridized carbons (Fsp3) is 0.738. The Labute approximate surface area is 539 Å². The van der Waals surface area contributed by atoms with E-state index in [1.54, 1.807) is 27.7 Å². The number of rotatable bonds is 10. The first-order valence-corrected chi connectivity index (χ1v) is 33.1. The number of nitrogens with one attached hydrogen (secondary N) is 4. The molecule has 11 amide bonds. The smallest absolute Gasteiger partial charge is 0.351 e. The van der Waals surface area contributed by atoms with Gasteiger partial charge in [-0.05, 0) is 106 Å². The summed E-state index contributed by atoms with van der Waals surface area (Å²) in [6.07, 6.45) is 2.41. The highest BCUT2D eigenvalue weighted by molar-refractivity contribution is 6.31. The molecule has 6 rings (SSSR count). The van der Waals surface area contributed by atoms with Crippen LogP contribution >= 0.6 is 11.6 Å². The number of fused-ring (bicyclic) bond motifs is 2. The molecule has 4 N–H and O–H groups in total. The van der Waals surface area contributed by atoms with Crippen molar-refractivity contribution in [3.05, 3.63) is 34.3 Å². The lowest BCUT2D eigenvalue weighted by Crippen LogP contribution is -2.65. The molecule has 26 heteroatoms. The van der Waals surface area contributed by atoms with E-state index in [1.807, 2.05) is 20.8 Å². The van der Waals surface area contributed by atoms with Crippen molar-refractivity contribution in [1.29, 1.82) is 0 Å². The molecule has 3 aliphatic heterocycles. The third-order valence-corrected chi connectivity index (χ3v) is 19.7. The lowest BCUT2D eigenvalue weighted by atomic mass is 9.84. The van der Waals surface area contributed by atoms with E-state index in [0.29, 0.717) is 31.2 Å². The molecule has 0 unspecified atom stereocenters. The number of hydrogen-bond donors (Lipinski definition) is 4. The number of halogens is 4. The highest BCUT2D eigenvalue weighted by Crippen LogP contribution is 2.37. The Morgan fingerprint density at radius 2 is 1.27 bits per heavy atom. The molecule has 5 aliphatic rings. The zero-order valence-electron chi connectivity index (χ0n) is 55.3. The van der Waals surface area contributed by atoms with E-state index < -0.39 is 161 Å². The van der Waals surface area contributed by atoms with Crippen LogP contribution in [-0.2, 0) is 65.3 Å². The second-order valence-electron chi connectivity index (χ2n) is 27.2. The molecule has 9 atom stereocenters. The highest BCUT2D eigenvalue weighted by atomic mass is 35.5. The third-order valence-electron chi connectivity index (χ3n) is 19.4. The van der Waals surface area contributed by atoms with Crippen LogP contribution in [0.15, 0.2) is 18.2 Å². The van der Waals surface area contributed by atoms with Crippen LogP contribution in [-0.4, -0.2) is 215 Å². The van der Waals surface area contributed by atoms with Gasteiger partial charge in [-0.1, -0.05) is 111 Å². The predicted octanol–water partition coefficient (Wildman–Crippen LogP) is 5.31. The summed E-state index contributed by atoms with van der Waals surface area (Å²) in [5.74, 6) is -7.51. The summed E-state index contributed by atoms with van der Waals surface area (Å²) in [6.45, 7) is 11.8. The van der Waals surface area contributed by atoms with Gasteiger partial charge in [-0.15, -0.1) is 0 Å². The van der Waals surface area contributed by atoms with Gasteiger partial charge in [0.2, 0.25) is 65.0 Å². The Kier molecular flexibility index (Phi) is 25.7. The molecule has 0 bridgehead atoms. The number of carbonyl (C=O) groups is 11. The number of carbonyl (C=O) groups excluding carboxylic acids is 11. The molecule has 5 fully saturated rings. The summed E-state index contributed by atoms with van der Waals surface area (Å²) < 4.78 is 41.3. The van der Waals surface area contributed by atoms with Crippen LogP contribution in [0.3, 0.4) is 0 Å². The van der Waals surface area contributed by atoms with Gasteiger partial charge in [0.15, 0.2) is 0 Å². The fourth-order valence-electron chi connectivity index (χ4n) is 13.7. The van der Waals surface area contributed by atoms with Crippen LogP contribution in [0, 0.1) is 23.7 Å². The minimum Gasteiger partial charge on any atom is -0.351 e. The largest absolute Gasteiger partial charge is 0.417 e. The Bertz CT molecular complexity index is 2830. The first-order chi connectivity index (χ1) is 42.7. The van der Waals surface area contributed by atoms with Crippen LogP contribution in [0.1, 0.15) is 169 Å². The van der Waals surface area contributed by atoms with Crippen molar-refractivity contribution in [2.45, 2.75) is 224 Å². The molecule has 0 aromatic heterocycles. The molecule has 2 aliphatic carbocycles. The zero-order valence-corrected chi connectivity index (χ0v) is 56.1. The molecule has 1 aromatic carbocycles. The number of alkyl halides is 3. The summed E-state index contributed by atoms with van der Waals surface area (Å²) >= 11 is 6.12. The van der Waals surface area contributed by atoms with Crippen LogP contribution < -0.4 is 21.3 Å². The summed E-state index contributed by atoms with van der Waals surface area (Å²) in [4.78, 5) is 169. The first-order valence-electron chi connectivity index (χ1n) is 32.7. The van der Waals surface area contributed by atoms with Crippen LogP contribution in [0.2, 0.25) is 5.02 Å². The van der Waals surface area contributed by atoms with Gasteiger partial charge in [0.25, 0.3) is 0 Å². The predicted molar refractivity (Wildman–Crippen MR) is 335 cm³/mol. The minimum atomic E-state index is -4.74. The number of likely N-dealkylation sites (N-methyl/N-ethyl adjacent to an activating group) is 5. The number of benzene rings is 1. The summed E-state index contributed by atoms with van der Waals surface area (Å²) in [6, 6.07) is -5.49. The topological polar surface area (TPSA) is 259 Å². The van der Waals surface area contributed by atoms with Crippen molar-refractivity contribution in [2.75, 3.05) is 61.4 Å². The number of aryl methyl sites for hydroxylation is 1. The molecule has 3 saturated heterocycles. The third kappa shape index (κ3) is 18.2. The Morgan fingerprint density at radius 3 is 1.86 bits per heavy atom. The van der Waals surface area contributed by atoms with Crippen LogP contribution in [0.25, 0.3) is 0 Å². The highest BCUT2D eigenvalue weighted by Gasteiger charge is 2.50. The summed E-state index contributed by atoms with van der Waals surface area (Å²) in [7, 11) is 7.23. The van der Waals surface area contributed by atoms with Crippen molar-refractivity contribution in [1.82, 2.24) is 55.6 Å². The number of nitrogens with zero attached hydrogens (tertiary/aromatic N) is 7. The van der Waals surface area contributed by atoms with Gasteiger partial charge < -0.3 is 55.6 Å². The summed E-state index contributed by atoms with van der Waals surface area (Å²) in [5.41, 5.74) is -2.24. The molecule has 2 saturated carbocycles. The number of hydrogen-bond acceptors (Lipinski definition) is 11. The Hall–Kier alpha value is -6.53. The van der Waals surface area contributed by atoms with Crippen molar-refractivity contribution in [3.8, 4) is 0 Å². The van der Waals surface area contributed by atoms with E-state index >= 15 is 9.59 Å². The second-order valence-corrected chi connectivity index (χ2v) is 27.6. The van der Waals surface area contributed by atoms with Crippen molar-refractivity contribution in [2.24, 2.45) is 23.7 Å².